The molecule has 4 atom stereocenters. The fourth-order valence-electron chi connectivity index (χ4n) is 4.24. The normalized spacial score (nSPS) is 28.7. The van der Waals surface area contributed by atoms with E-state index in [2.05, 4.69) is 26.7 Å². The third kappa shape index (κ3) is 3.06. The van der Waals surface area contributed by atoms with Gasteiger partial charge in [0.05, 0.1) is 11.4 Å². The highest BCUT2D eigenvalue weighted by Crippen LogP contribution is 2.50. The largest absolute Gasteiger partial charge is 0.383 e. The first-order valence-corrected chi connectivity index (χ1v) is 10.5. The van der Waals surface area contributed by atoms with Crippen molar-refractivity contribution in [2.45, 2.75) is 54.5 Å². The second-order valence-corrected chi connectivity index (χ2v) is 9.45. The maximum Gasteiger partial charge on any atom is 0.163 e. The smallest absolute Gasteiger partial charge is 0.163 e. The Morgan fingerprint density at radius 3 is 2.68 bits per heavy atom. The summed E-state index contributed by atoms with van der Waals surface area (Å²) < 4.78 is 14.8. The van der Waals surface area contributed by atoms with Crippen LogP contribution in [0.2, 0.25) is 5.02 Å². The van der Waals surface area contributed by atoms with Gasteiger partial charge in [-0.1, -0.05) is 11.6 Å². The molecule has 0 amide bonds. The van der Waals surface area contributed by atoms with Gasteiger partial charge in [-0.3, -0.25) is 0 Å². The fourth-order valence-corrected chi connectivity index (χ4v) is 5.65. The van der Waals surface area contributed by atoms with Gasteiger partial charge in [0.1, 0.15) is 30.0 Å². The molecule has 1 aliphatic heterocycles. The molecule has 6 nitrogen and oxygen atoms in total. The molecule has 146 valence electrons. The number of nitrogen functional groups attached to an aromatic ring is 1. The average Bonchev–Trinajstić information content (AvgIpc) is 3.30. The average molecular weight is 417 g/mol. The number of hydrogen-bond donors (Lipinski definition) is 1. The van der Waals surface area contributed by atoms with Crippen molar-refractivity contribution in [2.24, 2.45) is 0 Å². The van der Waals surface area contributed by atoms with Gasteiger partial charge in [0.25, 0.3) is 0 Å². The van der Waals surface area contributed by atoms with Crippen LogP contribution in [0.1, 0.15) is 26.3 Å². The van der Waals surface area contributed by atoms with Gasteiger partial charge in [0.15, 0.2) is 5.79 Å². The molecule has 2 N–H and O–H groups in total. The van der Waals surface area contributed by atoms with Gasteiger partial charge in [-0.25, -0.2) is 9.97 Å². The summed E-state index contributed by atoms with van der Waals surface area (Å²) in [5.41, 5.74) is 6.86. The first-order chi connectivity index (χ1) is 13.4. The van der Waals surface area contributed by atoms with Gasteiger partial charge >= 0.3 is 0 Å². The molecule has 5 rings (SSSR count). The minimum atomic E-state index is -0.607. The lowest BCUT2D eigenvalue weighted by Gasteiger charge is -2.24. The van der Waals surface area contributed by atoms with E-state index >= 15 is 0 Å². The van der Waals surface area contributed by atoms with Crippen LogP contribution >= 0.6 is 23.4 Å². The maximum absolute atomic E-state index is 6.32. The van der Waals surface area contributed by atoms with Crippen molar-refractivity contribution in [3.05, 3.63) is 47.9 Å². The molecule has 1 aromatic carbocycles. The number of nitrogens with two attached hydrogens (primary N) is 1. The summed E-state index contributed by atoms with van der Waals surface area (Å²) in [6, 6.07) is 10.0. The molecule has 0 radical (unpaired) electrons. The Bertz CT molecular complexity index is 1020. The van der Waals surface area contributed by atoms with E-state index in [1.165, 1.54) is 11.2 Å². The number of thioether (sulfide) groups is 1. The Morgan fingerprint density at radius 2 is 1.89 bits per heavy atom. The topological polar surface area (TPSA) is 75.2 Å². The van der Waals surface area contributed by atoms with E-state index in [0.29, 0.717) is 5.82 Å². The molecule has 1 aliphatic carbocycles. The summed E-state index contributed by atoms with van der Waals surface area (Å²) in [5.74, 6) is -0.113. The predicted octanol–water partition coefficient (Wildman–Crippen LogP) is 4.29. The minimum absolute atomic E-state index is 0.00249. The van der Waals surface area contributed by atoms with Crippen LogP contribution in [-0.4, -0.2) is 37.8 Å². The van der Waals surface area contributed by atoms with E-state index in [4.69, 9.17) is 26.8 Å². The number of ether oxygens (including phenoxy) is 2. The zero-order valence-electron chi connectivity index (χ0n) is 15.6. The molecule has 0 bridgehead atoms. The van der Waals surface area contributed by atoms with Crippen LogP contribution in [0.3, 0.4) is 0 Å². The van der Waals surface area contributed by atoms with E-state index < -0.39 is 5.79 Å². The summed E-state index contributed by atoms with van der Waals surface area (Å²) in [5, 5.41) is 1.87. The van der Waals surface area contributed by atoms with E-state index in [-0.39, 0.29) is 23.5 Å². The quantitative estimate of drug-likeness (QED) is 0.686. The molecular formula is C20H21ClN4O2S. The Morgan fingerprint density at radius 1 is 1.14 bits per heavy atom. The fraction of sp³-hybridized carbons (Fsp3) is 0.400. The standard InChI is InChI=1S/C20H21ClN4O2S/c1-20(2)26-16-14(25-8-7-13-18(22)23-10-24-19(13)25)9-15(17(16)27-20)28-12-5-3-11(21)4-6-12/h3-8,10,14-17H,9H2,1-2H3,(H2,22,23,24)/t14-,15?,16+,17-/m1/s1. The lowest BCUT2D eigenvalue weighted by Crippen LogP contribution is -2.27. The summed E-state index contributed by atoms with van der Waals surface area (Å²) in [4.78, 5) is 9.74. The first kappa shape index (κ1) is 18.2. The summed E-state index contributed by atoms with van der Waals surface area (Å²) >= 11 is 7.85. The number of anilines is 1. The highest BCUT2D eigenvalue weighted by Gasteiger charge is 2.55. The van der Waals surface area contributed by atoms with Crippen LogP contribution in [0, 0.1) is 0 Å². The number of fused-ring (bicyclic) bond motifs is 2. The number of rotatable bonds is 3. The van der Waals surface area contributed by atoms with Crippen molar-refractivity contribution < 1.29 is 9.47 Å². The lowest BCUT2D eigenvalue weighted by atomic mass is 10.2. The third-order valence-corrected chi connectivity index (χ3v) is 6.94. The molecule has 2 fully saturated rings. The highest BCUT2D eigenvalue weighted by molar-refractivity contribution is 8.00. The van der Waals surface area contributed by atoms with Gasteiger partial charge < -0.3 is 19.8 Å². The minimum Gasteiger partial charge on any atom is -0.383 e. The maximum atomic E-state index is 6.32. The summed E-state index contributed by atoms with van der Waals surface area (Å²) in [6.07, 6.45) is 4.40. The zero-order chi connectivity index (χ0) is 19.5. The monoisotopic (exact) mass is 416 g/mol. The summed E-state index contributed by atoms with van der Waals surface area (Å²) in [7, 11) is 0. The Balaban J connectivity index is 1.50. The molecule has 2 aliphatic rings. The number of benzene rings is 1. The zero-order valence-corrected chi connectivity index (χ0v) is 17.2. The second kappa shape index (κ2) is 6.62. The lowest BCUT2D eigenvalue weighted by molar-refractivity contribution is -0.154. The molecule has 2 aromatic heterocycles. The van der Waals surface area contributed by atoms with Crippen LogP contribution in [-0.2, 0) is 9.47 Å². The van der Waals surface area contributed by atoms with Crippen LogP contribution in [0.15, 0.2) is 47.8 Å². The van der Waals surface area contributed by atoms with Crippen LogP contribution in [0.4, 0.5) is 5.82 Å². The molecule has 1 unspecified atom stereocenters. The van der Waals surface area contributed by atoms with Crippen molar-refractivity contribution in [2.75, 3.05) is 5.73 Å². The molecule has 0 spiro atoms. The van der Waals surface area contributed by atoms with E-state index in [0.717, 1.165) is 22.5 Å². The molecular weight excluding hydrogens is 396 g/mol. The Labute approximate surface area is 172 Å². The van der Waals surface area contributed by atoms with Crippen molar-refractivity contribution in [3.63, 3.8) is 0 Å². The number of aromatic nitrogens is 3. The van der Waals surface area contributed by atoms with Crippen molar-refractivity contribution in [1.29, 1.82) is 0 Å². The summed E-state index contributed by atoms with van der Waals surface area (Å²) in [6.45, 7) is 3.95. The number of halogens is 1. The molecule has 8 heteroatoms. The molecule has 3 heterocycles. The van der Waals surface area contributed by atoms with E-state index in [1.54, 1.807) is 0 Å². The van der Waals surface area contributed by atoms with Crippen LogP contribution in [0.5, 0.6) is 0 Å². The van der Waals surface area contributed by atoms with Crippen molar-refractivity contribution in [1.82, 2.24) is 14.5 Å². The van der Waals surface area contributed by atoms with Gasteiger partial charge in [-0.15, -0.1) is 11.8 Å². The van der Waals surface area contributed by atoms with Crippen LogP contribution in [0.25, 0.3) is 11.0 Å². The molecule has 1 saturated heterocycles. The van der Waals surface area contributed by atoms with Crippen molar-refractivity contribution in [3.8, 4) is 0 Å². The molecule has 3 aromatic rings. The highest BCUT2D eigenvalue weighted by atomic mass is 35.5. The second-order valence-electron chi connectivity index (χ2n) is 7.70. The molecule has 1 saturated carbocycles. The van der Waals surface area contributed by atoms with E-state index in [9.17, 15) is 0 Å². The van der Waals surface area contributed by atoms with Gasteiger partial charge in [-0.05, 0) is 50.6 Å². The number of nitrogens with zero attached hydrogens (tertiary/aromatic N) is 3. The van der Waals surface area contributed by atoms with Gasteiger partial charge in [-0.2, -0.15) is 0 Å². The van der Waals surface area contributed by atoms with Crippen molar-refractivity contribution >= 4 is 40.2 Å². The van der Waals surface area contributed by atoms with Gasteiger partial charge in [0, 0.05) is 21.4 Å². The molecule has 28 heavy (non-hydrogen) atoms. The third-order valence-electron chi connectivity index (χ3n) is 5.38. The first-order valence-electron chi connectivity index (χ1n) is 9.26. The SMILES string of the molecule is CC1(C)O[C@@H]2[C@H](O1)C(Sc1ccc(Cl)cc1)C[C@H]2n1ccc2c(N)ncnc21. The predicted molar refractivity (Wildman–Crippen MR) is 111 cm³/mol. The van der Waals surface area contributed by atoms with E-state index in [1.807, 2.05) is 50.0 Å². The number of hydrogen-bond acceptors (Lipinski definition) is 6. The van der Waals surface area contributed by atoms with Crippen LogP contribution < -0.4 is 5.73 Å². The van der Waals surface area contributed by atoms with Gasteiger partial charge in [0.2, 0.25) is 0 Å². The Kier molecular flexibility index (Phi) is 4.32. The Hall–Kier alpha value is -1.80.